The Morgan fingerprint density at radius 1 is 1.45 bits per heavy atom. The summed E-state index contributed by atoms with van der Waals surface area (Å²) >= 11 is 0. The molecule has 0 fully saturated rings. The first-order valence-electron chi connectivity index (χ1n) is 6.83. The first-order chi connectivity index (χ1) is 9.38. The second-order valence-corrected chi connectivity index (χ2v) is 6.60. The van der Waals surface area contributed by atoms with Crippen molar-refractivity contribution in [3.63, 3.8) is 0 Å². The molecule has 0 saturated heterocycles. The van der Waals surface area contributed by atoms with E-state index in [1.54, 1.807) is 0 Å². The predicted octanol–water partition coefficient (Wildman–Crippen LogP) is 2.45. The van der Waals surface area contributed by atoms with Gasteiger partial charge in [0.2, 0.25) is 5.91 Å². The Kier molecular flexibility index (Phi) is 10.3. The van der Waals surface area contributed by atoms with Gasteiger partial charge in [-0.3, -0.25) is 4.79 Å². The van der Waals surface area contributed by atoms with Crippen molar-refractivity contribution in [3.8, 4) is 0 Å². The first kappa shape index (κ1) is 19.1. The topological polar surface area (TPSA) is 64.6 Å². The SMILES string of the molecule is C=CC(=O)OC(C)CC(CCP(C)OCC)NC(C)=O. The highest BCUT2D eigenvalue weighted by Gasteiger charge is 2.17. The highest BCUT2D eigenvalue weighted by atomic mass is 31.1. The maximum absolute atomic E-state index is 11.2. The lowest BCUT2D eigenvalue weighted by atomic mass is 10.1. The van der Waals surface area contributed by atoms with Crippen molar-refractivity contribution in [1.82, 2.24) is 5.32 Å². The molecule has 20 heavy (non-hydrogen) atoms. The third-order valence-electron chi connectivity index (χ3n) is 2.65. The number of amides is 1. The van der Waals surface area contributed by atoms with Gasteiger partial charge in [0.15, 0.2) is 0 Å². The van der Waals surface area contributed by atoms with Crippen LogP contribution in [-0.4, -0.2) is 43.5 Å². The van der Waals surface area contributed by atoms with Crippen LogP contribution in [0.25, 0.3) is 0 Å². The van der Waals surface area contributed by atoms with Crippen molar-refractivity contribution in [1.29, 1.82) is 0 Å². The van der Waals surface area contributed by atoms with Crippen molar-refractivity contribution in [2.45, 2.75) is 45.8 Å². The zero-order valence-corrected chi connectivity index (χ0v) is 13.7. The minimum Gasteiger partial charge on any atom is -0.459 e. The van der Waals surface area contributed by atoms with Crippen LogP contribution in [0.2, 0.25) is 0 Å². The third-order valence-corrected chi connectivity index (χ3v) is 4.24. The Hall–Kier alpha value is -0.930. The minimum absolute atomic E-state index is 0.00878. The lowest BCUT2D eigenvalue weighted by molar-refractivity contribution is -0.142. The molecule has 1 amide bonds. The van der Waals surface area contributed by atoms with Gasteiger partial charge in [-0.1, -0.05) is 6.58 Å². The van der Waals surface area contributed by atoms with Gasteiger partial charge >= 0.3 is 5.97 Å². The largest absolute Gasteiger partial charge is 0.459 e. The number of nitrogens with one attached hydrogen (secondary N) is 1. The lowest BCUT2D eigenvalue weighted by Crippen LogP contribution is -2.36. The molecular weight excluding hydrogens is 277 g/mol. The number of hydrogen-bond donors (Lipinski definition) is 1. The van der Waals surface area contributed by atoms with Gasteiger partial charge < -0.3 is 14.6 Å². The molecule has 0 rings (SSSR count). The fourth-order valence-electron chi connectivity index (χ4n) is 1.85. The molecule has 0 aliphatic rings. The number of ether oxygens (including phenoxy) is 1. The van der Waals surface area contributed by atoms with Gasteiger partial charge in [-0.25, -0.2) is 4.79 Å². The van der Waals surface area contributed by atoms with Gasteiger partial charge in [0.1, 0.15) is 6.10 Å². The number of carbonyl (C=O) groups is 2. The van der Waals surface area contributed by atoms with Crippen LogP contribution >= 0.6 is 8.15 Å². The van der Waals surface area contributed by atoms with Crippen molar-refractivity contribution in [2.75, 3.05) is 19.4 Å². The van der Waals surface area contributed by atoms with Crippen molar-refractivity contribution >= 4 is 20.0 Å². The molecule has 0 bridgehead atoms. The fraction of sp³-hybridized carbons (Fsp3) is 0.714. The average Bonchev–Trinajstić information content (AvgIpc) is 2.35. The molecular formula is C14H26NO4P. The van der Waals surface area contributed by atoms with Crippen LogP contribution in [0.1, 0.15) is 33.6 Å². The summed E-state index contributed by atoms with van der Waals surface area (Å²) < 4.78 is 10.7. The maximum atomic E-state index is 11.2. The van der Waals surface area contributed by atoms with Gasteiger partial charge in [0.05, 0.1) is 0 Å². The Balaban J connectivity index is 4.29. The lowest BCUT2D eigenvalue weighted by Gasteiger charge is -2.23. The van der Waals surface area contributed by atoms with E-state index in [4.69, 9.17) is 9.26 Å². The second kappa shape index (κ2) is 10.8. The predicted molar refractivity (Wildman–Crippen MR) is 81.9 cm³/mol. The van der Waals surface area contributed by atoms with Crippen molar-refractivity contribution in [2.24, 2.45) is 0 Å². The van der Waals surface area contributed by atoms with Crippen molar-refractivity contribution in [3.05, 3.63) is 12.7 Å². The molecule has 0 aromatic heterocycles. The minimum atomic E-state index is -0.458. The summed E-state index contributed by atoms with van der Waals surface area (Å²) in [5.74, 6) is -0.514. The van der Waals surface area contributed by atoms with Crippen LogP contribution in [0, 0.1) is 0 Å². The molecule has 3 unspecified atom stereocenters. The zero-order valence-electron chi connectivity index (χ0n) is 12.8. The van der Waals surface area contributed by atoms with E-state index in [0.717, 1.165) is 18.7 Å². The molecule has 0 saturated carbocycles. The third kappa shape index (κ3) is 9.93. The highest BCUT2D eigenvalue weighted by Crippen LogP contribution is 2.33. The summed E-state index contributed by atoms with van der Waals surface area (Å²) in [7, 11) is -0.458. The summed E-state index contributed by atoms with van der Waals surface area (Å²) in [5.41, 5.74) is 0. The van der Waals surface area contributed by atoms with Crippen LogP contribution in [0.15, 0.2) is 12.7 Å². The molecule has 6 heteroatoms. The summed E-state index contributed by atoms with van der Waals surface area (Å²) in [4.78, 5) is 22.4. The highest BCUT2D eigenvalue weighted by molar-refractivity contribution is 7.51. The number of hydrogen-bond acceptors (Lipinski definition) is 4. The fourth-order valence-corrected chi connectivity index (χ4v) is 3.10. The molecule has 0 spiro atoms. The summed E-state index contributed by atoms with van der Waals surface area (Å²) in [6.45, 7) is 11.4. The number of carbonyl (C=O) groups excluding carboxylic acids is 2. The van der Waals surface area contributed by atoms with E-state index in [9.17, 15) is 9.59 Å². The van der Waals surface area contributed by atoms with Gasteiger partial charge in [-0.05, 0) is 33.1 Å². The standard InChI is InChI=1S/C14H26NO4P/c1-6-14(17)19-11(3)10-13(15-12(4)16)8-9-20(5)18-7-2/h6,11,13H,1,7-10H2,2-5H3,(H,15,16). The van der Waals surface area contributed by atoms with E-state index in [-0.39, 0.29) is 18.1 Å². The van der Waals surface area contributed by atoms with Crippen LogP contribution in [0.4, 0.5) is 0 Å². The molecule has 0 aliphatic heterocycles. The van der Waals surface area contributed by atoms with Gasteiger partial charge in [0.25, 0.3) is 0 Å². The van der Waals surface area contributed by atoms with Gasteiger partial charge in [-0.2, -0.15) is 0 Å². The summed E-state index contributed by atoms with van der Waals surface area (Å²) in [6.07, 6.45) is 3.21. The Bertz CT molecular complexity index is 322. The molecule has 0 heterocycles. The summed E-state index contributed by atoms with van der Waals surface area (Å²) in [5, 5.41) is 2.90. The molecule has 0 aromatic carbocycles. The molecule has 0 radical (unpaired) electrons. The first-order valence-corrected chi connectivity index (χ1v) is 8.72. The maximum Gasteiger partial charge on any atom is 0.330 e. The van der Waals surface area contributed by atoms with E-state index in [1.807, 2.05) is 13.8 Å². The monoisotopic (exact) mass is 303 g/mol. The average molecular weight is 303 g/mol. The molecule has 1 N–H and O–H groups in total. The van der Waals surface area contributed by atoms with Crippen LogP contribution in [-0.2, 0) is 18.8 Å². The Morgan fingerprint density at radius 2 is 2.10 bits per heavy atom. The summed E-state index contributed by atoms with van der Waals surface area (Å²) in [6, 6.07) is -0.00878. The van der Waals surface area contributed by atoms with Gasteiger partial charge in [-0.15, -0.1) is 0 Å². The van der Waals surface area contributed by atoms with Crippen LogP contribution in [0.5, 0.6) is 0 Å². The number of esters is 1. The molecule has 5 nitrogen and oxygen atoms in total. The smallest absolute Gasteiger partial charge is 0.330 e. The molecule has 0 aliphatic carbocycles. The molecule has 116 valence electrons. The Labute approximate surface area is 122 Å². The molecule has 3 atom stereocenters. The second-order valence-electron chi connectivity index (χ2n) is 4.64. The van der Waals surface area contributed by atoms with Crippen LogP contribution < -0.4 is 5.32 Å². The van der Waals surface area contributed by atoms with Gasteiger partial charge in [0, 0.05) is 40.2 Å². The zero-order chi connectivity index (χ0) is 15.5. The normalized spacial score (nSPS) is 15.0. The van der Waals surface area contributed by atoms with E-state index in [1.165, 1.54) is 6.92 Å². The van der Waals surface area contributed by atoms with E-state index in [2.05, 4.69) is 18.6 Å². The van der Waals surface area contributed by atoms with E-state index < -0.39 is 14.1 Å². The number of rotatable bonds is 10. The Morgan fingerprint density at radius 3 is 2.60 bits per heavy atom. The van der Waals surface area contributed by atoms with E-state index >= 15 is 0 Å². The van der Waals surface area contributed by atoms with Crippen LogP contribution in [0.3, 0.4) is 0 Å². The quantitative estimate of drug-likeness (QED) is 0.382. The van der Waals surface area contributed by atoms with E-state index in [0.29, 0.717) is 13.0 Å². The van der Waals surface area contributed by atoms with Crippen molar-refractivity contribution < 1.29 is 18.8 Å². The molecule has 0 aromatic rings.